The molecule has 3 rings (SSSR count). The molecular formula is C22H19ClN2O5S. The van der Waals surface area contributed by atoms with Crippen LogP contribution in [-0.2, 0) is 4.74 Å². The number of esters is 1. The summed E-state index contributed by atoms with van der Waals surface area (Å²) >= 11 is 6.85. The third-order valence-electron chi connectivity index (χ3n) is 4.40. The number of methoxy groups -OCH3 is 2. The van der Waals surface area contributed by atoms with E-state index in [0.717, 1.165) is 11.3 Å². The van der Waals surface area contributed by atoms with Gasteiger partial charge in [-0.2, -0.15) is 0 Å². The van der Waals surface area contributed by atoms with Gasteiger partial charge in [0.05, 0.1) is 24.7 Å². The molecule has 0 atom stereocenters. The van der Waals surface area contributed by atoms with Gasteiger partial charge in [-0.1, -0.05) is 17.7 Å². The van der Waals surface area contributed by atoms with Crippen molar-refractivity contribution in [2.24, 2.45) is 0 Å². The number of benzene rings is 2. The first-order valence-electron chi connectivity index (χ1n) is 9.08. The van der Waals surface area contributed by atoms with E-state index < -0.39 is 17.8 Å². The fourth-order valence-electron chi connectivity index (χ4n) is 2.83. The Labute approximate surface area is 187 Å². The third-order valence-corrected chi connectivity index (χ3v) is 5.86. The molecule has 0 fully saturated rings. The predicted octanol–water partition coefficient (Wildman–Crippen LogP) is 5.01. The van der Waals surface area contributed by atoms with Gasteiger partial charge in [-0.3, -0.25) is 9.59 Å². The number of hydrogen-bond donors (Lipinski definition) is 2. The Hall–Kier alpha value is -3.36. The number of carbonyl (C=O) groups excluding carboxylic acids is 3. The molecule has 160 valence electrons. The highest BCUT2D eigenvalue weighted by Gasteiger charge is 2.26. The number of thiophene rings is 1. The smallest absolute Gasteiger partial charge is 0.341 e. The highest BCUT2D eigenvalue weighted by atomic mass is 35.5. The molecule has 9 heteroatoms. The predicted molar refractivity (Wildman–Crippen MR) is 121 cm³/mol. The number of carbonyl (C=O) groups is 3. The maximum absolute atomic E-state index is 12.9. The van der Waals surface area contributed by atoms with E-state index >= 15 is 0 Å². The Morgan fingerprint density at radius 1 is 0.968 bits per heavy atom. The maximum Gasteiger partial charge on any atom is 0.341 e. The second-order valence-electron chi connectivity index (χ2n) is 6.40. The van der Waals surface area contributed by atoms with Crippen LogP contribution < -0.4 is 15.4 Å². The van der Waals surface area contributed by atoms with E-state index in [2.05, 4.69) is 10.6 Å². The molecule has 2 aromatic carbocycles. The van der Waals surface area contributed by atoms with E-state index in [1.54, 1.807) is 55.5 Å². The number of amides is 2. The molecule has 7 nitrogen and oxygen atoms in total. The fourth-order valence-corrected chi connectivity index (χ4v) is 4.04. The lowest BCUT2D eigenvalue weighted by atomic mass is 10.1. The van der Waals surface area contributed by atoms with Crippen molar-refractivity contribution < 1.29 is 23.9 Å². The minimum absolute atomic E-state index is 0.130. The number of rotatable bonds is 6. The topological polar surface area (TPSA) is 93.7 Å². The van der Waals surface area contributed by atoms with Crippen LogP contribution in [0.3, 0.4) is 0 Å². The number of hydrogen-bond acceptors (Lipinski definition) is 6. The van der Waals surface area contributed by atoms with Crippen molar-refractivity contribution in [3.63, 3.8) is 0 Å². The first-order chi connectivity index (χ1) is 14.8. The number of anilines is 2. The van der Waals surface area contributed by atoms with Gasteiger partial charge in [0.1, 0.15) is 10.8 Å². The van der Waals surface area contributed by atoms with Gasteiger partial charge in [0.25, 0.3) is 11.8 Å². The van der Waals surface area contributed by atoms with Crippen molar-refractivity contribution in [1.29, 1.82) is 0 Å². The van der Waals surface area contributed by atoms with Crippen LogP contribution in [0.2, 0.25) is 5.02 Å². The summed E-state index contributed by atoms with van der Waals surface area (Å²) in [5.41, 5.74) is 1.42. The summed E-state index contributed by atoms with van der Waals surface area (Å²) in [6, 6.07) is 13.2. The normalized spacial score (nSPS) is 10.3. The highest BCUT2D eigenvalue weighted by Crippen LogP contribution is 2.34. The summed E-state index contributed by atoms with van der Waals surface area (Å²) in [5, 5.41) is 6.19. The van der Waals surface area contributed by atoms with E-state index in [0.29, 0.717) is 27.6 Å². The van der Waals surface area contributed by atoms with Crippen LogP contribution in [0.5, 0.6) is 5.75 Å². The first-order valence-corrected chi connectivity index (χ1v) is 10.3. The molecule has 0 aliphatic heterocycles. The van der Waals surface area contributed by atoms with Gasteiger partial charge in [0, 0.05) is 22.3 Å². The fraction of sp³-hybridized carbons (Fsp3) is 0.136. The highest BCUT2D eigenvalue weighted by molar-refractivity contribution is 7.19. The molecule has 0 spiro atoms. The zero-order valence-electron chi connectivity index (χ0n) is 16.9. The zero-order valence-corrected chi connectivity index (χ0v) is 18.5. The van der Waals surface area contributed by atoms with Gasteiger partial charge < -0.3 is 20.1 Å². The summed E-state index contributed by atoms with van der Waals surface area (Å²) in [6.07, 6.45) is 0. The van der Waals surface area contributed by atoms with Crippen LogP contribution >= 0.6 is 22.9 Å². The molecule has 2 amide bonds. The molecule has 0 saturated heterocycles. The molecular weight excluding hydrogens is 440 g/mol. The van der Waals surface area contributed by atoms with Crippen LogP contribution in [0.1, 0.15) is 36.0 Å². The Kier molecular flexibility index (Phi) is 6.94. The molecule has 0 bridgehead atoms. The molecule has 1 heterocycles. The quantitative estimate of drug-likeness (QED) is 0.506. The molecule has 0 saturated carbocycles. The molecule has 31 heavy (non-hydrogen) atoms. The monoisotopic (exact) mass is 458 g/mol. The van der Waals surface area contributed by atoms with Crippen molar-refractivity contribution in [3.05, 3.63) is 75.1 Å². The second-order valence-corrected chi connectivity index (χ2v) is 7.86. The van der Waals surface area contributed by atoms with Crippen molar-refractivity contribution >= 4 is 51.4 Å². The minimum Gasteiger partial charge on any atom is -0.497 e. The summed E-state index contributed by atoms with van der Waals surface area (Å²) in [4.78, 5) is 38.1. The lowest BCUT2D eigenvalue weighted by molar-refractivity contribution is 0.0601. The number of nitrogens with one attached hydrogen (secondary N) is 2. The van der Waals surface area contributed by atoms with Gasteiger partial charge in [0.15, 0.2) is 0 Å². The summed E-state index contributed by atoms with van der Waals surface area (Å²) in [5.74, 6) is -0.928. The van der Waals surface area contributed by atoms with Gasteiger partial charge in [0.2, 0.25) is 0 Å². The average molecular weight is 459 g/mol. The Morgan fingerprint density at radius 2 is 1.68 bits per heavy atom. The first kappa shape index (κ1) is 22.3. The van der Waals surface area contributed by atoms with E-state index in [-0.39, 0.29) is 15.4 Å². The molecule has 0 aliphatic rings. The molecule has 1 aromatic heterocycles. The van der Waals surface area contributed by atoms with Crippen molar-refractivity contribution in [2.45, 2.75) is 6.92 Å². The van der Waals surface area contributed by atoms with Gasteiger partial charge in [-0.15, -0.1) is 11.3 Å². The van der Waals surface area contributed by atoms with Crippen LogP contribution in [0.25, 0.3) is 0 Å². The van der Waals surface area contributed by atoms with E-state index in [1.165, 1.54) is 14.2 Å². The average Bonchev–Trinajstić information content (AvgIpc) is 3.09. The molecule has 0 radical (unpaired) electrons. The number of ether oxygens (including phenoxy) is 2. The van der Waals surface area contributed by atoms with Crippen LogP contribution in [0.4, 0.5) is 10.7 Å². The van der Waals surface area contributed by atoms with Crippen LogP contribution in [-0.4, -0.2) is 32.0 Å². The molecule has 2 N–H and O–H groups in total. The van der Waals surface area contributed by atoms with Crippen molar-refractivity contribution in [2.75, 3.05) is 24.9 Å². The summed E-state index contributed by atoms with van der Waals surface area (Å²) < 4.78 is 10.0. The van der Waals surface area contributed by atoms with Crippen molar-refractivity contribution in [1.82, 2.24) is 0 Å². The Bertz CT molecular complexity index is 1140. The SMILES string of the molecule is COC(=O)c1c(NC(=O)c2ccc(Cl)cc2)sc(C(=O)Nc2cccc(OC)c2)c1C. The lowest BCUT2D eigenvalue weighted by Crippen LogP contribution is -2.14. The zero-order chi connectivity index (χ0) is 22.5. The largest absolute Gasteiger partial charge is 0.497 e. The minimum atomic E-state index is -0.652. The molecule has 0 aliphatic carbocycles. The molecule has 0 unspecified atom stereocenters. The van der Waals surface area contributed by atoms with Gasteiger partial charge in [-0.05, 0) is 48.9 Å². The van der Waals surface area contributed by atoms with Crippen LogP contribution in [0, 0.1) is 6.92 Å². The third kappa shape index (κ3) is 5.04. The van der Waals surface area contributed by atoms with Crippen molar-refractivity contribution in [3.8, 4) is 5.75 Å². The summed E-state index contributed by atoms with van der Waals surface area (Å²) in [7, 11) is 2.77. The van der Waals surface area contributed by atoms with E-state index in [9.17, 15) is 14.4 Å². The second kappa shape index (κ2) is 9.63. The van der Waals surface area contributed by atoms with Gasteiger partial charge in [-0.25, -0.2) is 4.79 Å². The Balaban J connectivity index is 1.92. The maximum atomic E-state index is 12.9. The number of halogens is 1. The Morgan fingerprint density at radius 3 is 2.32 bits per heavy atom. The summed E-state index contributed by atoms with van der Waals surface area (Å²) in [6.45, 7) is 1.63. The standard InChI is InChI=1S/C22H19ClN2O5S/c1-12-17(22(28)30-3)21(25-19(26)13-7-9-14(23)10-8-13)31-18(12)20(27)24-15-5-4-6-16(11-15)29-2/h4-11H,1-3H3,(H,24,27)(H,25,26). The molecule has 3 aromatic rings. The van der Waals surface area contributed by atoms with E-state index in [1.807, 2.05) is 0 Å². The van der Waals surface area contributed by atoms with Crippen LogP contribution in [0.15, 0.2) is 48.5 Å². The van der Waals surface area contributed by atoms with E-state index in [4.69, 9.17) is 21.1 Å². The van der Waals surface area contributed by atoms with Gasteiger partial charge >= 0.3 is 5.97 Å². The lowest BCUT2D eigenvalue weighted by Gasteiger charge is -2.06.